The van der Waals surface area contributed by atoms with Gasteiger partial charge in [0.25, 0.3) is 0 Å². The quantitative estimate of drug-likeness (QED) is 0.335. The number of hydrogen-bond acceptors (Lipinski definition) is 4. The van der Waals surface area contributed by atoms with E-state index in [1.165, 1.54) is 18.3 Å². The number of thiazole rings is 1. The van der Waals surface area contributed by atoms with Crippen LogP contribution in [0.5, 0.6) is 0 Å². The number of aromatic amines is 1. The van der Waals surface area contributed by atoms with Gasteiger partial charge in [-0.15, -0.1) is 11.3 Å². The van der Waals surface area contributed by atoms with Crippen LogP contribution in [0.25, 0.3) is 10.9 Å². The maximum Gasteiger partial charge on any atom is 0.249 e. The summed E-state index contributed by atoms with van der Waals surface area (Å²) in [7, 11) is 0. The van der Waals surface area contributed by atoms with Gasteiger partial charge >= 0.3 is 0 Å². The maximum absolute atomic E-state index is 13.0. The van der Waals surface area contributed by atoms with Crippen molar-refractivity contribution in [3.63, 3.8) is 0 Å². The van der Waals surface area contributed by atoms with E-state index >= 15 is 0 Å². The third kappa shape index (κ3) is 5.12. The fourth-order valence-corrected chi connectivity index (χ4v) is 4.71. The monoisotopic (exact) mass is 486 g/mol. The van der Waals surface area contributed by atoms with Gasteiger partial charge in [0.1, 0.15) is 6.04 Å². The molecule has 6 nitrogen and oxygen atoms in total. The highest BCUT2D eigenvalue weighted by atomic mass is 35.5. The normalized spacial score (nSPS) is 12.0. The summed E-state index contributed by atoms with van der Waals surface area (Å²) in [5.74, 6) is -0.604. The minimum Gasteiger partial charge on any atom is -0.361 e. The summed E-state index contributed by atoms with van der Waals surface area (Å²) in [5, 5.41) is 8.05. The second-order valence-electron chi connectivity index (χ2n) is 7.33. The van der Waals surface area contributed by atoms with Crippen molar-refractivity contribution in [1.29, 1.82) is 0 Å². The summed E-state index contributed by atoms with van der Waals surface area (Å²) in [5.41, 5.74) is 2.81. The Morgan fingerprint density at radius 2 is 1.94 bits per heavy atom. The molecule has 2 aromatic carbocycles. The molecule has 0 spiro atoms. The largest absolute Gasteiger partial charge is 0.361 e. The van der Waals surface area contributed by atoms with Gasteiger partial charge in [-0.3, -0.25) is 9.59 Å². The Labute approximate surface area is 199 Å². The summed E-state index contributed by atoms with van der Waals surface area (Å²) in [6.45, 7) is 1.39. The average molecular weight is 487 g/mol. The lowest BCUT2D eigenvalue weighted by molar-refractivity contribution is -0.125. The first kappa shape index (κ1) is 22.3. The molecule has 0 aliphatic heterocycles. The van der Waals surface area contributed by atoms with Gasteiger partial charge in [-0.05, 0) is 23.3 Å². The number of para-hydroxylation sites is 1. The lowest BCUT2D eigenvalue weighted by Crippen LogP contribution is -2.44. The molecule has 1 unspecified atom stereocenters. The summed E-state index contributed by atoms with van der Waals surface area (Å²) in [4.78, 5) is 33.1. The average Bonchev–Trinajstić information content (AvgIpc) is 3.37. The fourth-order valence-electron chi connectivity index (χ4n) is 3.49. The van der Waals surface area contributed by atoms with Crippen LogP contribution in [-0.2, 0) is 22.4 Å². The predicted octanol–water partition coefficient (Wildman–Crippen LogP) is 5.21. The summed E-state index contributed by atoms with van der Waals surface area (Å²) in [6.07, 6.45) is 4.47. The Hall–Kier alpha value is -2.87. The van der Waals surface area contributed by atoms with Gasteiger partial charge in [-0.2, -0.15) is 0 Å². The molecule has 1 atom stereocenters. The van der Waals surface area contributed by atoms with Crippen molar-refractivity contribution in [2.45, 2.75) is 25.8 Å². The van der Waals surface area contributed by atoms with E-state index in [0.717, 1.165) is 26.9 Å². The predicted molar refractivity (Wildman–Crippen MR) is 130 cm³/mol. The molecule has 0 saturated heterocycles. The number of carbonyl (C=O) groups is 2. The number of carbonyl (C=O) groups excluding carboxylic acids is 2. The van der Waals surface area contributed by atoms with Crippen LogP contribution >= 0.6 is 34.5 Å². The van der Waals surface area contributed by atoms with Crippen molar-refractivity contribution in [1.82, 2.24) is 15.3 Å². The number of anilines is 1. The van der Waals surface area contributed by atoms with Gasteiger partial charge in [0, 0.05) is 47.9 Å². The van der Waals surface area contributed by atoms with E-state index in [0.29, 0.717) is 28.0 Å². The van der Waals surface area contributed by atoms with Gasteiger partial charge in [0.15, 0.2) is 5.13 Å². The van der Waals surface area contributed by atoms with Crippen molar-refractivity contribution in [2.24, 2.45) is 0 Å². The van der Waals surface area contributed by atoms with Gasteiger partial charge < -0.3 is 15.6 Å². The Balaban J connectivity index is 1.48. The molecule has 2 heterocycles. The van der Waals surface area contributed by atoms with Gasteiger partial charge in [-0.1, -0.05) is 53.5 Å². The first-order valence-corrected chi connectivity index (χ1v) is 11.5. The number of H-pyrrole nitrogens is 1. The minimum absolute atomic E-state index is 0.277. The summed E-state index contributed by atoms with van der Waals surface area (Å²) in [6, 6.07) is 12.6. The molecule has 0 bridgehead atoms. The molecule has 0 fully saturated rings. The minimum atomic E-state index is -0.735. The molecule has 0 saturated carbocycles. The molecule has 164 valence electrons. The molecule has 32 heavy (non-hydrogen) atoms. The molecular formula is C23H20Cl2N4O2S. The number of nitrogens with one attached hydrogen (secondary N) is 3. The number of rotatable bonds is 7. The van der Waals surface area contributed by atoms with E-state index in [2.05, 4.69) is 20.6 Å². The van der Waals surface area contributed by atoms with Gasteiger partial charge in [-0.25, -0.2) is 4.98 Å². The van der Waals surface area contributed by atoms with Crippen LogP contribution in [0.1, 0.15) is 22.9 Å². The zero-order valence-corrected chi connectivity index (χ0v) is 19.4. The van der Waals surface area contributed by atoms with Crippen LogP contribution in [0.3, 0.4) is 0 Å². The molecule has 4 rings (SSSR count). The molecule has 0 radical (unpaired) electrons. The van der Waals surface area contributed by atoms with Crippen molar-refractivity contribution in [3.8, 4) is 0 Å². The second-order valence-corrected chi connectivity index (χ2v) is 9.23. The number of benzene rings is 2. The Morgan fingerprint density at radius 3 is 2.75 bits per heavy atom. The maximum atomic E-state index is 13.0. The highest BCUT2D eigenvalue weighted by Gasteiger charge is 2.22. The third-order valence-corrected chi connectivity index (χ3v) is 6.74. The zero-order valence-electron chi connectivity index (χ0n) is 17.1. The third-order valence-electron chi connectivity index (χ3n) is 4.97. The molecule has 9 heteroatoms. The number of aromatic nitrogens is 2. The summed E-state index contributed by atoms with van der Waals surface area (Å²) < 4.78 is 0. The Morgan fingerprint density at radius 1 is 1.12 bits per heavy atom. The molecule has 0 aliphatic carbocycles. The topological polar surface area (TPSA) is 86.9 Å². The van der Waals surface area contributed by atoms with Crippen LogP contribution in [0.4, 0.5) is 5.13 Å². The molecule has 2 aromatic heterocycles. The number of hydrogen-bond donors (Lipinski definition) is 3. The zero-order chi connectivity index (χ0) is 22.7. The van der Waals surface area contributed by atoms with Crippen LogP contribution in [0.2, 0.25) is 10.0 Å². The molecule has 3 N–H and O–H groups in total. The van der Waals surface area contributed by atoms with Crippen LogP contribution in [-0.4, -0.2) is 27.8 Å². The van der Waals surface area contributed by atoms with Crippen molar-refractivity contribution in [2.75, 3.05) is 5.32 Å². The van der Waals surface area contributed by atoms with E-state index in [1.54, 1.807) is 12.3 Å². The van der Waals surface area contributed by atoms with E-state index in [-0.39, 0.29) is 11.8 Å². The van der Waals surface area contributed by atoms with Crippen LogP contribution in [0, 0.1) is 0 Å². The molecular weight excluding hydrogens is 467 g/mol. The number of amides is 2. The van der Waals surface area contributed by atoms with Gasteiger partial charge in [0.05, 0.1) is 10.0 Å². The molecule has 0 aliphatic rings. The van der Waals surface area contributed by atoms with Crippen molar-refractivity contribution < 1.29 is 9.59 Å². The van der Waals surface area contributed by atoms with E-state index < -0.39 is 6.04 Å². The van der Waals surface area contributed by atoms with Crippen molar-refractivity contribution in [3.05, 3.63) is 80.9 Å². The number of nitrogens with zero attached hydrogens (tertiary/aromatic N) is 1. The first-order chi connectivity index (χ1) is 15.4. The van der Waals surface area contributed by atoms with E-state index in [4.69, 9.17) is 23.2 Å². The number of fused-ring (bicyclic) bond motifs is 1. The van der Waals surface area contributed by atoms with Crippen molar-refractivity contribution >= 4 is 62.4 Å². The van der Waals surface area contributed by atoms with Crippen LogP contribution < -0.4 is 10.6 Å². The molecule has 4 aromatic rings. The standard InChI is InChI=1S/C23H20Cl2N4O2S/c1-13(30)28-20(10-15-11-26-19-8-3-2-6-17(15)19)22(31)29-23-27-12-16(32-23)9-14-5-4-7-18(24)21(14)25/h2-8,11-12,20,26H,9-10H2,1H3,(H,28,30)(H,27,29,31). The van der Waals surface area contributed by atoms with E-state index in [1.807, 2.05) is 42.6 Å². The smallest absolute Gasteiger partial charge is 0.249 e. The summed E-state index contributed by atoms with van der Waals surface area (Å²) >= 11 is 13.7. The lowest BCUT2D eigenvalue weighted by atomic mass is 10.0. The van der Waals surface area contributed by atoms with Gasteiger partial charge in [0.2, 0.25) is 11.8 Å². The number of halogens is 2. The van der Waals surface area contributed by atoms with E-state index in [9.17, 15) is 9.59 Å². The SMILES string of the molecule is CC(=O)NC(Cc1c[nH]c2ccccc12)C(=O)Nc1ncc(Cc2cccc(Cl)c2Cl)s1. The fraction of sp³-hybridized carbons (Fsp3) is 0.174. The first-order valence-electron chi connectivity index (χ1n) is 9.91. The lowest BCUT2D eigenvalue weighted by Gasteiger charge is -2.16. The Kier molecular flexibility index (Phi) is 6.79. The Bertz CT molecular complexity index is 1280. The molecule has 2 amide bonds. The highest BCUT2D eigenvalue weighted by Crippen LogP contribution is 2.29. The highest BCUT2D eigenvalue weighted by molar-refractivity contribution is 7.15. The second kappa shape index (κ2) is 9.73. The van der Waals surface area contributed by atoms with Crippen LogP contribution in [0.15, 0.2) is 54.9 Å².